The number of halogens is 2. The first-order chi connectivity index (χ1) is 27.1. The van der Waals surface area contributed by atoms with Gasteiger partial charge in [-0.1, -0.05) is 0 Å². The molecule has 3 aromatic heterocycles. The summed E-state index contributed by atoms with van der Waals surface area (Å²) in [6.45, 7) is 3.38. The summed E-state index contributed by atoms with van der Waals surface area (Å²) in [7, 11) is 0. The van der Waals surface area contributed by atoms with E-state index in [1.807, 2.05) is 16.9 Å². The molecule has 0 aliphatic carbocycles. The number of likely N-dealkylation sites (tertiary alicyclic amines) is 1. The van der Waals surface area contributed by atoms with Gasteiger partial charge in [0.2, 0.25) is 11.8 Å². The molecule has 2 N–H and O–H groups in total. The van der Waals surface area contributed by atoms with Crippen molar-refractivity contribution < 1.29 is 37.5 Å². The smallest absolute Gasteiger partial charge is 0.272 e. The van der Waals surface area contributed by atoms with E-state index in [-0.39, 0.29) is 47.0 Å². The number of nitrogens with one attached hydrogen (secondary N) is 2. The monoisotopic (exact) mass is 766 g/mol. The number of ether oxygens (including phenoxy) is 1. The molecule has 0 radical (unpaired) electrons. The molecule has 4 aliphatic heterocycles. The summed E-state index contributed by atoms with van der Waals surface area (Å²) in [5, 5.41) is 14.7. The molecule has 0 spiro atoms. The van der Waals surface area contributed by atoms with Gasteiger partial charge in [0.15, 0.2) is 5.65 Å². The predicted octanol–water partition coefficient (Wildman–Crippen LogP) is 3.15. The fourth-order valence-electron chi connectivity index (χ4n) is 8.09. The van der Waals surface area contributed by atoms with Crippen molar-refractivity contribution in [2.24, 2.45) is 5.92 Å². The largest absolute Gasteiger partial charge is 0.485 e. The highest BCUT2D eigenvalue weighted by molar-refractivity contribution is 6.23. The number of amides is 5. The second-order valence-electron chi connectivity index (χ2n) is 14.6. The van der Waals surface area contributed by atoms with E-state index in [2.05, 4.69) is 30.5 Å². The van der Waals surface area contributed by atoms with Crippen molar-refractivity contribution in [2.45, 2.75) is 44.2 Å². The molecule has 3 fully saturated rings. The molecule has 16 nitrogen and oxygen atoms in total. The zero-order chi connectivity index (χ0) is 38.7. The van der Waals surface area contributed by atoms with Crippen LogP contribution in [0.5, 0.6) is 5.75 Å². The number of imide groups is 2. The molecule has 1 atom stereocenters. The van der Waals surface area contributed by atoms with Crippen LogP contribution in [0.25, 0.3) is 16.6 Å². The van der Waals surface area contributed by atoms with Gasteiger partial charge in [0, 0.05) is 80.8 Å². The number of hydrogen-bond donors (Lipinski definition) is 2. The van der Waals surface area contributed by atoms with E-state index in [1.54, 1.807) is 42.7 Å². The zero-order valence-electron chi connectivity index (χ0n) is 29.9. The van der Waals surface area contributed by atoms with E-state index in [0.717, 1.165) is 61.5 Å². The number of benzene rings is 2. The Hall–Kier alpha value is -6.30. The lowest BCUT2D eigenvalue weighted by molar-refractivity contribution is -0.136. The maximum atomic E-state index is 13.3. The van der Waals surface area contributed by atoms with Crippen molar-refractivity contribution in [1.29, 1.82) is 0 Å². The van der Waals surface area contributed by atoms with Gasteiger partial charge in [-0.05, 0) is 49.6 Å². The van der Waals surface area contributed by atoms with E-state index < -0.39 is 48.6 Å². The van der Waals surface area contributed by atoms with Crippen molar-refractivity contribution in [3.63, 3.8) is 0 Å². The van der Waals surface area contributed by atoms with Crippen LogP contribution in [0.15, 0.2) is 61.2 Å². The fraction of sp³-hybridized carbons (Fsp3) is 0.368. The SMILES string of the molecule is O=C1CCC(N2C(=O)c3ccc(N4CC(CN5CCC(n6cc7cc(NC(=O)c8cnn9cccnc89)c(OCC(F)F)cc7n6)CC5)C4)cc3C2=O)C(=O)N1. The van der Waals surface area contributed by atoms with Crippen LogP contribution in [-0.2, 0) is 9.59 Å². The first-order valence-electron chi connectivity index (χ1n) is 18.5. The van der Waals surface area contributed by atoms with Gasteiger partial charge in [-0.3, -0.25) is 38.9 Å². The summed E-state index contributed by atoms with van der Waals surface area (Å²) < 4.78 is 35.1. The molecule has 3 saturated heterocycles. The molecule has 4 aliphatic rings. The van der Waals surface area contributed by atoms with Crippen molar-refractivity contribution in [3.05, 3.63) is 77.9 Å². The molecule has 9 rings (SSSR count). The number of fused-ring (bicyclic) bond motifs is 3. The van der Waals surface area contributed by atoms with Crippen molar-refractivity contribution >= 4 is 57.5 Å². The fourth-order valence-corrected chi connectivity index (χ4v) is 8.09. The Labute approximate surface area is 317 Å². The Balaban J connectivity index is 0.810. The Kier molecular flexibility index (Phi) is 8.90. The normalized spacial score (nSPS) is 19.6. The predicted molar refractivity (Wildman–Crippen MR) is 196 cm³/mol. The molecule has 2 aromatic carbocycles. The summed E-state index contributed by atoms with van der Waals surface area (Å²) in [4.78, 5) is 73.4. The zero-order valence-corrected chi connectivity index (χ0v) is 29.9. The van der Waals surface area contributed by atoms with Gasteiger partial charge in [-0.25, -0.2) is 18.3 Å². The van der Waals surface area contributed by atoms with Crippen LogP contribution >= 0.6 is 0 Å². The minimum atomic E-state index is -2.71. The standard InChI is InChI=1S/C38H36F2N10O6/c39-32(40)20-56-31-14-28-22(12-29(31)43-35(52)27-15-42-48-9-1-8-41-34(27)48)19-49(45-28)23-6-10-46(11-7-23)16-21-17-47(18-21)24-2-3-25-26(13-24)38(55)50(37(25)54)30-4-5-33(51)44-36(30)53/h1-3,8-9,12-15,19,21,23,30,32H,4-7,10-11,16-18,20H2,(H,43,52)(H,44,51,53). The van der Waals surface area contributed by atoms with E-state index in [9.17, 15) is 32.8 Å². The maximum Gasteiger partial charge on any atom is 0.272 e. The quantitative estimate of drug-likeness (QED) is 0.200. The average Bonchev–Trinajstić information content (AvgIpc) is 3.86. The van der Waals surface area contributed by atoms with Gasteiger partial charge in [0.25, 0.3) is 24.1 Å². The number of hydrogen-bond acceptors (Lipinski definition) is 11. The molecule has 18 heteroatoms. The summed E-state index contributed by atoms with van der Waals surface area (Å²) >= 11 is 0. The second kappa shape index (κ2) is 14.1. The molecule has 5 aromatic rings. The molecule has 0 saturated carbocycles. The Morgan fingerprint density at radius 1 is 1.02 bits per heavy atom. The Bertz CT molecular complexity index is 2420. The van der Waals surface area contributed by atoms with Crippen molar-refractivity contribution in [3.8, 4) is 5.75 Å². The lowest BCUT2D eigenvalue weighted by Gasteiger charge is -2.44. The number of anilines is 2. The number of nitrogens with zero attached hydrogens (tertiary/aromatic N) is 8. The van der Waals surface area contributed by atoms with Crippen LogP contribution < -0.4 is 20.3 Å². The average molecular weight is 767 g/mol. The second-order valence-corrected chi connectivity index (χ2v) is 14.6. The van der Waals surface area contributed by atoms with E-state index in [4.69, 9.17) is 9.84 Å². The van der Waals surface area contributed by atoms with Gasteiger partial charge >= 0.3 is 0 Å². The van der Waals surface area contributed by atoms with Crippen LogP contribution in [0.1, 0.15) is 62.8 Å². The van der Waals surface area contributed by atoms with Crippen LogP contribution in [0, 0.1) is 5.92 Å². The minimum absolute atomic E-state index is 0.0697. The number of rotatable bonds is 10. The third kappa shape index (κ3) is 6.48. The first kappa shape index (κ1) is 35.4. The first-order valence-corrected chi connectivity index (χ1v) is 18.5. The number of carbonyl (C=O) groups is 5. The number of alkyl halides is 2. The molecular weight excluding hydrogens is 730 g/mol. The minimum Gasteiger partial charge on any atom is -0.485 e. The summed E-state index contributed by atoms with van der Waals surface area (Å²) in [5.41, 5.74) is 2.74. The maximum absolute atomic E-state index is 13.3. The van der Waals surface area contributed by atoms with Crippen LogP contribution in [0.3, 0.4) is 0 Å². The van der Waals surface area contributed by atoms with Gasteiger partial charge in [0.1, 0.15) is 24.0 Å². The van der Waals surface area contributed by atoms with E-state index >= 15 is 0 Å². The van der Waals surface area contributed by atoms with Crippen LogP contribution in [0.4, 0.5) is 20.2 Å². The van der Waals surface area contributed by atoms with Crippen molar-refractivity contribution in [1.82, 2.24) is 39.5 Å². The van der Waals surface area contributed by atoms with Crippen LogP contribution in [0.2, 0.25) is 0 Å². The lowest BCUT2D eigenvalue weighted by Crippen LogP contribution is -2.54. The molecule has 7 heterocycles. The summed E-state index contributed by atoms with van der Waals surface area (Å²) in [6, 6.07) is 9.25. The molecular formula is C38H36F2N10O6. The van der Waals surface area contributed by atoms with Crippen LogP contribution in [-0.4, -0.2) is 116 Å². The number of aromatic nitrogens is 5. The van der Waals surface area contributed by atoms with Gasteiger partial charge < -0.3 is 19.9 Å². The summed E-state index contributed by atoms with van der Waals surface area (Å²) in [6.07, 6.45) is 5.70. The van der Waals surface area contributed by atoms with Gasteiger partial charge in [-0.15, -0.1) is 0 Å². The van der Waals surface area contributed by atoms with E-state index in [0.29, 0.717) is 17.1 Å². The molecule has 5 amide bonds. The van der Waals surface area contributed by atoms with Gasteiger partial charge in [0.05, 0.1) is 34.6 Å². The van der Waals surface area contributed by atoms with E-state index in [1.165, 1.54) is 10.7 Å². The molecule has 288 valence electrons. The summed E-state index contributed by atoms with van der Waals surface area (Å²) in [5.74, 6) is -2.09. The molecule has 56 heavy (non-hydrogen) atoms. The highest BCUT2D eigenvalue weighted by atomic mass is 19.3. The van der Waals surface area contributed by atoms with Gasteiger partial charge in [-0.2, -0.15) is 10.2 Å². The third-order valence-corrected chi connectivity index (χ3v) is 11.0. The Morgan fingerprint density at radius 3 is 2.61 bits per heavy atom. The molecule has 1 unspecified atom stereocenters. The number of piperidine rings is 2. The molecule has 0 bridgehead atoms. The lowest BCUT2D eigenvalue weighted by atomic mass is 9.95. The highest BCUT2D eigenvalue weighted by Gasteiger charge is 2.45. The topological polar surface area (TPSA) is 176 Å². The Morgan fingerprint density at radius 2 is 1.82 bits per heavy atom. The highest BCUT2D eigenvalue weighted by Crippen LogP contribution is 2.35. The number of carbonyl (C=O) groups excluding carboxylic acids is 5. The third-order valence-electron chi connectivity index (χ3n) is 11.0. The van der Waals surface area contributed by atoms with Crippen molar-refractivity contribution in [2.75, 3.05) is 49.5 Å².